The van der Waals surface area contributed by atoms with Gasteiger partial charge in [-0.1, -0.05) is 0 Å². The molecular formula is C9H16N4O2. The summed E-state index contributed by atoms with van der Waals surface area (Å²) in [6.07, 6.45) is 0. The summed E-state index contributed by atoms with van der Waals surface area (Å²) in [7, 11) is 0. The van der Waals surface area contributed by atoms with Crippen LogP contribution in [0.15, 0.2) is 4.99 Å². The second-order valence-corrected chi connectivity index (χ2v) is 4.47. The number of carbonyl (C=O) groups is 2. The van der Waals surface area contributed by atoms with Crippen LogP contribution in [0.25, 0.3) is 0 Å². The maximum Gasteiger partial charge on any atom is 0.246 e. The number of amides is 2. The van der Waals surface area contributed by atoms with Crippen molar-refractivity contribution in [1.29, 1.82) is 0 Å². The molecule has 0 radical (unpaired) electrons. The van der Waals surface area contributed by atoms with Gasteiger partial charge in [0.25, 0.3) is 0 Å². The Labute approximate surface area is 88.5 Å². The monoisotopic (exact) mass is 212 g/mol. The molecule has 6 heteroatoms. The molecule has 15 heavy (non-hydrogen) atoms. The summed E-state index contributed by atoms with van der Waals surface area (Å²) < 4.78 is 0. The zero-order chi connectivity index (χ0) is 11.6. The maximum absolute atomic E-state index is 11.1. The number of aliphatic imine (C=N–C) groups is 1. The molecule has 84 valence electrons. The van der Waals surface area contributed by atoms with Crippen molar-refractivity contribution in [2.75, 3.05) is 13.1 Å². The molecule has 1 saturated heterocycles. The molecule has 3 N–H and O–H groups in total. The van der Waals surface area contributed by atoms with Gasteiger partial charge in [-0.05, 0) is 20.8 Å². The second kappa shape index (κ2) is 3.88. The highest BCUT2D eigenvalue weighted by atomic mass is 16.2. The molecule has 0 saturated carbocycles. The molecule has 0 aromatic carbocycles. The SMILES string of the molecule is CC(C)(C)N=C(N)N1CC(=O)NC(=O)C1. The number of nitrogens with zero attached hydrogens (tertiary/aromatic N) is 2. The second-order valence-electron chi connectivity index (χ2n) is 4.47. The standard InChI is InChI=1S/C9H16N4O2/c1-9(2,3)12-8(10)13-4-6(14)11-7(15)5-13/h4-5H2,1-3H3,(H2,10,12)(H,11,14,15). The minimum Gasteiger partial charge on any atom is -0.370 e. The first-order valence-corrected chi connectivity index (χ1v) is 4.71. The van der Waals surface area contributed by atoms with Crippen LogP contribution < -0.4 is 11.1 Å². The summed E-state index contributed by atoms with van der Waals surface area (Å²) in [5.41, 5.74) is 5.38. The van der Waals surface area contributed by atoms with Gasteiger partial charge in [-0.2, -0.15) is 0 Å². The first kappa shape index (κ1) is 11.5. The number of imide groups is 1. The fourth-order valence-electron chi connectivity index (χ4n) is 1.21. The maximum atomic E-state index is 11.1. The molecule has 1 fully saturated rings. The zero-order valence-corrected chi connectivity index (χ0v) is 9.20. The molecule has 1 heterocycles. The van der Waals surface area contributed by atoms with Crippen molar-refractivity contribution in [2.24, 2.45) is 10.7 Å². The van der Waals surface area contributed by atoms with Gasteiger partial charge in [0.05, 0.1) is 5.54 Å². The van der Waals surface area contributed by atoms with E-state index in [0.717, 1.165) is 0 Å². The van der Waals surface area contributed by atoms with Crippen LogP contribution in [0, 0.1) is 0 Å². The number of nitrogens with one attached hydrogen (secondary N) is 1. The van der Waals surface area contributed by atoms with Gasteiger partial charge in [0, 0.05) is 0 Å². The summed E-state index contributed by atoms with van der Waals surface area (Å²) in [5.74, 6) is -0.470. The zero-order valence-electron chi connectivity index (χ0n) is 9.20. The van der Waals surface area contributed by atoms with Gasteiger partial charge in [-0.25, -0.2) is 4.99 Å². The average molecular weight is 212 g/mol. The lowest BCUT2D eigenvalue weighted by molar-refractivity contribution is -0.134. The van der Waals surface area contributed by atoms with Gasteiger partial charge in [0.15, 0.2) is 5.96 Å². The summed E-state index contributed by atoms with van der Waals surface area (Å²) >= 11 is 0. The Kier molecular flexibility index (Phi) is 2.97. The van der Waals surface area contributed by atoms with Crippen LogP contribution in [0.2, 0.25) is 0 Å². The topological polar surface area (TPSA) is 87.8 Å². The summed E-state index contributed by atoms with van der Waals surface area (Å²) in [6.45, 7) is 5.84. The number of hydrogen-bond acceptors (Lipinski definition) is 3. The van der Waals surface area contributed by atoms with Crippen molar-refractivity contribution in [3.05, 3.63) is 0 Å². The van der Waals surface area contributed by atoms with E-state index in [4.69, 9.17) is 5.73 Å². The van der Waals surface area contributed by atoms with Crippen LogP contribution in [0.1, 0.15) is 20.8 Å². The molecule has 0 spiro atoms. The smallest absolute Gasteiger partial charge is 0.246 e. The number of hydrogen-bond donors (Lipinski definition) is 2. The molecule has 1 aliphatic rings. The van der Waals surface area contributed by atoms with E-state index < -0.39 is 0 Å². The van der Waals surface area contributed by atoms with E-state index in [1.807, 2.05) is 20.8 Å². The van der Waals surface area contributed by atoms with Crippen molar-refractivity contribution in [3.8, 4) is 0 Å². The van der Waals surface area contributed by atoms with Crippen LogP contribution in [0.3, 0.4) is 0 Å². The van der Waals surface area contributed by atoms with E-state index in [9.17, 15) is 9.59 Å². The Morgan fingerprint density at radius 1 is 1.33 bits per heavy atom. The molecule has 0 aliphatic carbocycles. The predicted octanol–water partition coefficient (Wildman–Crippen LogP) is -0.942. The predicted molar refractivity (Wildman–Crippen MR) is 56.1 cm³/mol. The highest BCUT2D eigenvalue weighted by Gasteiger charge is 2.24. The van der Waals surface area contributed by atoms with Crippen LogP contribution >= 0.6 is 0 Å². The van der Waals surface area contributed by atoms with Gasteiger partial charge in [0.1, 0.15) is 13.1 Å². The quantitative estimate of drug-likeness (QED) is 0.308. The number of rotatable bonds is 0. The number of piperazine rings is 1. The summed E-state index contributed by atoms with van der Waals surface area (Å²) in [4.78, 5) is 27.8. The van der Waals surface area contributed by atoms with E-state index >= 15 is 0 Å². The average Bonchev–Trinajstić information content (AvgIpc) is 1.98. The molecule has 1 rings (SSSR count). The van der Waals surface area contributed by atoms with Gasteiger partial charge in [-0.15, -0.1) is 0 Å². The molecule has 1 aliphatic heterocycles. The fourth-order valence-corrected chi connectivity index (χ4v) is 1.21. The van der Waals surface area contributed by atoms with E-state index in [0.29, 0.717) is 0 Å². The molecular weight excluding hydrogens is 196 g/mol. The third-order valence-electron chi connectivity index (χ3n) is 1.72. The highest BCUT2D eigenvalue weighted by Crippen LogP contribution is 2.07. The first-order valence-electron chi connectivity index (χ1n) is 4.71. The van der Waals surface area contributed by atoms with Gasteiger partial charge in [0.2, 0.25) is 11.8 Å². The normalized spacial score (nSPS) is 19.1. The summed E-state index contributed by atoms with van der Waals surface area (Å²) in [6, 6.07) is 0. The van der Waals surface area contributed by atoms with Crippen LogP contribution in [0.4, 0.5) is 0 Å². The minimum absolute atomic E-state index is 0.0805. The largest absolute Gasteiger partial charge is 0.370 e. The Bertz CT molecular complexity index is 301. The number of carbonyl (C=O) groups excluding carboxylic acids is 2. The Morgan fingerprint density at radius 2 is 1.80 bits per heavy atom. The third kappa shape index (κ3) is 3.57. The molecule has 6 nitrogen and oxygen atoms in total. The Morgan fingerprint density at radius 3 is 2.20 bits per heavy atom. The van der Waals surface area contributed by atoms with E-state index in [1.165, 1.54) is 4.90 Å². The fraction of sp³-hybridized carbons (Fsp3) is 0.667. The van der Waals surface area contributed by atoms with Crippen molar-refractivity contribution in [2.45, 2.75) is 26.3 Å². The molecule has 0 atom stereocenters. The molecule has 2 amide bonds. The van der Waals surface area contributed by atoms with Crippen LogP contribution in [-0.2, 0) is 9.59 Å². The Hall–Kier alpha value is -1.59. The lowest BCUT2D eigenvalue weighted by Gasteiger charge is -2.27. The van der Waals surface area contributed by atoms with Gasteiger partial charge >= 0.3 is 0 Å². The molecule has 0 bridgehead atoms. The molecule has 0 aromatic rings. The van der Waals surface area contributed by atoms with Crippen LogP contribution in [-0.4, -0.2) is 41.3 Å². The molecule has 0 aromatic heterocycles. The van der Waals surface area contributed by atoms with Crippen molar-refractivity contribution >= 4 is 17.8 Å². The van der Waals surface area contributed by atoms with Gasteiger partial charge < -0.3 is 10.6 Å². The summed E-state index contributed by atoms with van der Waals surface area (Å²) in [5, 5.41) is 2.20. The van der Waals surface area contributed by atoms with Crippen molar-refractivity contribution in [3.63, 3.8) is 0 Å². The number of guanidine groups is 1. The van der Waals surface area contributed by atoms with Crippen LogP contribution in [0.5, 0.6) is 0 Å². The lowest BCUT2D eigenvalue weighted by Crippen LogP contribution is -2.55. The van der Waals surface area contributed by atoms with Gasteiger partial charge in [-0.3, -0.25) is 14.9 Å². The number of nitrogens with two attached hydrogens (primary N) is 1. The van der Waals surface area contributed by atoms with Crippen molar-refractivity contribution < 1.29 is 9.59 Å². The third-order valence-corrected chi connectivity index (χ3v) is 1.72. The van der Waals surface area contributed by atoms with Crippen molar-refractivity contribution in [1.82, 2.24) is 10.2 Å². The van der Waals surface area contributed by atoms with E-state index in [-0.39, 0.29) is 36.4 Å². The highest BCUT2D eigenvalue weighted by molar-refractivity contribution is 6.02. The minimum atomic E-state index is -0.349. The first-order chi connectivity index (χ1) is 6.78. The lowest BCUT2D eigenvalue weighted by atomic mass is 10.1. The Balaban J connectivity index is 2.75. The van der Waals surface area contributed by atoms with E-state index in [1.54, 1.807) is 0 Å². The molecule has 0 unspecified atom stereocenters. The van der Waals surface area contributed by atoms with E-state index in [2.05, 4.69) is 10.3 Å².